The fourth-order valence-electron chi connectivity index (χ4n) is 5.96. The Morgan fingerprint density at radius 3 is 2.14 bits per heavy atom. The van der Waals surface area contributed by atoms with Gasteiger partial charge in [-0.1, -0.05) is 79.7 Å². The van der Waals surface area contributed by atoms with Gasteiger partial charge in [0.1, 0.15) is 30.6 Å². The molecular weight excluding hydrogens is 636 g/mol. The Morgan fingerprint density at radius 1 is 0.900 bits per heavy atom. The van der Waals surface area contributed by atoms with E-state index in [2.05, 4.69) is 29.3 Å². The first kappa shape index (κ1) is 37.7. The molecule has 1 aliphatic rings. The van der Waals surface area contributed by atoms with E-state index in [1.54, 1.807) is 39.0 Å². The number of unbranched alkanes of at least 4 members (excludes halogenated alkanes) is 1. The maximum atomic E-state index is 13.7. The van der Waals surface area contributed by atoms with Gasteiger partial charge in [-0.2, -0.15) is 0 Å². The van der Waals surface area contributed by atoms with Crippen LogP contribution in [0.4, 0.5) is 4.79 Å². The largest absolute Gasteiger partial charge is 0.490 e. The number of rotatable bonds is 17. The standard InChI is InChI=1S/C40H48N2O8/c1-6-23-48-29-20-18-27(19-21-29)24-35(38(45)47-5)42-37(44)28(13-11-12-22-41-39(46)50-40(2,3)4)25-36(43)49-26-34-32-16-9-7-14-30(32)31-15-8-10-17-33(31)34/h6-10,14-21,28,34-35H,1,11-13,22-26H2,2-5H3,(H,41,46)(H,42,44)/t28-,35+/m1/s1. The molecule has 50 heavy (non-hydrogen) atoms. The number of hydrogen-bond acceptors (Lipinski definition) is 8. The average Bonchev–Trinajstić information content (AvgIpc) is 3.41. The van der Waals surface area contributed by atoms with Crippen LogP contribution in [0.15, 0.2) is 85.5 Å². The van der Waals surface area contributed by atoms with E-state index in [-0.39, 0.29) is 25.4 Å². The Hall–Kier alpha value is -5.12. The highest BCUT2D eigenvalue weighted by molar-refractivity contribution is 5.88. The molecule has 0 radical (unpaired) electrons. The number of carbonyl (C=O) groups excluding carboxylic acids is 4. The van der Waals surface area contributed by atoms with Crippen molar-refractivity contribution in [1.29, 1.82) is 0 Å². The summed E-state index contributed by atoms with van der Waals surface area (Å²) in [7, 11) is 1.26. The number of fused-ring (bicyclic) bond motifs is 3. The minimum atomic E-state index is -0.980. The zero-order valence-electron chi connectivity index (χ0n) is 29.4. The van der Waals surface area contributed by atoms with E-state index >= 15 is 0 Å². The SMILES string of the molecule is C=CCOc1ccc(C[C@H](NC(=O)[C@H](CCCCNC(=O)OC(C)(C)C)CC(=O)OCC2c3ccccc3-c3ccccc32)C(=O)OC)cc1. The molecule has 3 aromatic carbocycles. The van der Waals surface area contributed by atoms with Gasteiger partial charge in [-0.05, 0) is 73.6 Å². The lowest BCUT2D eigenvalue weighted by molar-refractivity contribution is -0.148. The van der Waals surface area contributed by atoms with Gasteiger partial charge in [-0.25, -0.2) is 9.59 Å². The maximum Gasteiger partial charge on any atom is 0.407 e. The molecule has 0 unspecified atom stereocenters. The fourth-order valence-corrected chi connectivity index (χ4v) is 5.96. The van der Waals surface area contributed by atoms with Crippen LogP contribution in [0, 0.1) is 5.92 Å². The highest BCUT2D eigenvalue weighted by Crippen LogP contribution is 2.44. The molecule has 2 amide bonds. The Labute approximate surface area is 294 Å². The third kappa shape index (κ3) is 10.9. The number of esters is 2. The molecule has 0 aliphatic heterocycles. The van der Waals surface area contributed by atoms with Crippen molar-refractivity contribution >= 4 is 23.9 Å². The summed E-state index contributed by atoms with van der Waals surface area (Å²) in [5.41, 5.74) is 4.59. The summed E-state index contributed by atoms with van der Waals surface area (Å²) in [5.74, 6) is -1.82. The van der Waals surface area contributed by atoms with Gasteiger partial charge in [0.25, 0.3) is 0 Å². The number of nitrogens with one attached hydrogen (secondary N) is 2. The van der Waals surface area contributed by atoms with Crippen molar-refractivity contribution in [1.82, 2.24) is 10.6 Å². The van der Waals surface area contributed by atoms with Crippen LogP contribution in [0.2, 0.25) is 0 Å². The molecule has 266 valence electrons. The molecule has 10 heteroatoms. The van der Waals surface area contributed by atoms with Crippen LogP contribution in [0.25, 0.3) is 11.1 Å². The van der Waals surface area contributed by atoms with Gasteiger partial charge in [0, 0.05) is 24.8 Å². The van der Waals surface area contributed by atoms with Crippen LogP contribution in [-0.4, -0.2) is 62.5 Å². The lowest BCUT2D eigenvalue weighted by Gasteiger charge is -2.22. The van der Waals surface area contributed by atoms with Crippen molar-refractivity contribution in [3.05, 3.63) is 102 Å². The van der Waals surface area contributed by atoms with Gasteiger partial charge in [-0.3, -0.25) is 9.59 Å². The number of hydrogen-bond donors (Lipinski definition) is 2. The summed E-state index contributed by atoms with van der Waals surface area (Å²) in [6, 6.07) is 22.4. The van der Waals surface area contributed by atoms with Crippen molar-refractivity contribution < 1.29 is 38.1 Å². The smallest absolute Gasteiger partial charge is 0.407 e. The molecule has 0 aromatic heterocycles. The quantitative estimate of drug-likeness (QED) is 0.0713. The van der Waals surface area contributed by atoms with Gasteiger partial charge < -0.3 is 29.6 Å². The highest BCUT2D eigenvalue weighted by atomic mass is 16.6. The van der Waals surface area contributed by atoms with Crippen LogP contribution in [0.5, 0.6) is 5.75 Å². The minimum absolute atomic E-state index is 0.116. The Kier molecular flexibility index (Phi) is 13.6. The molecule has 0 spiro atoms. The number of methoxy groups -OCH3 is 1. The van der Waals surface area contributed by atoms with Gasteiger partial charge in [-0.15, -0.1) is 0 Å². The third-order valence-corrected chi connectivity index (χ3v) is 8.34. The Morgan fingerprint density at radius 2 is 1.54 bits per heavy atom. The number of ether oxygens (including phenoxy) is 4. The molecule has 2 N–H and O–H groups in total. The van der Waals surface area contributed by atoms with E-state index in [1.165, 1.54) is 7.11 Å². The predicted octanol–water partition coefficient (Wildman–Crippen LogP) is 6.51. The van der Waals surface area contributed by atoms with Gasteiger partial charge >= 0.3 is 18.0 Å². The van der Waals surface area contributed by atoms with Gasteiger partial charge in [0.2, 0.25) is 5.91 Å². The Balaban J connectivity index is 1.41. The molecule has 3 aromatic rings. The zero-order chi connectivity index (χ0) is 36.1. The van der Waals surface area contributed by atoms with E-state index < -0.39 is 41.5 Å². The molecule has 0 saturated heterocycles. The molecule has 0 bridgehead atoms. The molecule has 0 heterocycles. The lowest BCUT2D eigenvalue weighted by atomic mass is 9.95. The average molecular weight is 685 g/mol. The predicted molar refractivity (Wildman–Crippen MR) is 191 cm³/mol. The van der Waals surface area contributed by atoms with Crippen LogP contribution in [0.3, 0.4) is 0 Å². The topological polar surface area (TPSA) is 129 Å². The van der Waals surface area contributed by atoms with E-state index in [0.717, 1.165) is 27.8 Å². The number of benzene rings is 3. The third-order valence-electron chi connectivity index (χ3n) is 8.34. The first-order chi connectivity index (χ1) is 24.0. The van der Waals surface area contributed by atoms with E-state index in [1.807, 2.05) is 48.5 Å². The van der Waals surface area contributed by atoms with Crippen molar-refractivity contribution in [3.63, 3.8) is 0 Å². The van der Waals surface area contributed by atoms with Crippen molar-refractivity contribution in [3.8, 4) is 16.9 Å². The maximum absolute atomic E-state index is 13.7. The highest BCUT2D eigenvalue weighted by Gasteiger charge is 2.31. The van der Waals surface area contributed by atoms with Crippen LogP contribution < -0.4 is 15.4 Å². The molecule has 0 fully saturated rings. The molecule has 10 nitrogen and oxygen atoms in total. The Bertz CT molecular complexity index is 1580. The lowest BCUT2D eigenvalue weighted by Crippen LogP contribution is -2.46. The van der Waals surface area contributed by atoms with E-state index in [9.17, 15) is 19.2 Å². The normalized spacial score (nSPS) is 13.2. The molecule has 0 saturated carbocycles. The molecule has 2 atom stereocenters. The van der Waals surface area contributed by atoms with Crippen LogP contribution in [-0.2, 0) is 35.0 Å². The second-order valence-corrected chi connectivity index (χ2v) is 13.3. The summed E-state index contributed by atoms with van der Waals surface area (Å²) in [6.45, 7) is 9.84. The molecular formula is C40H48N2O8. The van der Waals surface area contributed by atoms with E-state index in [0.29, 0.717) is 38.2 Å². The summed E-state index contributed by atoms with van der Waals surface area (Å²) < 4.78 is 21.7. The zero-order valence-corrected chi connectivity index (χ0v) is 29.4. The van der Waals surface area contributed by atoms with E-state index in [4.69, 9.17) is 18.9 Å². The van der Waals surface area contributed by atoms with Crippen molar-refractivity contribution in [2.75, 3.05) is 26.9 Å². The van der Waals surface area contributed by atoms with Crippen molar-refractivity contribution in [2.45, 2.75) is 70.4 Å². The fraction of sp³-hybridized carbons (Fsp3) is 0.400. The summed E-state index contributed by atoms with van der Waals surface area (Å²) in [5, 5.41) is 5.54. The summed E-state index contributed by atoms with van der Waals surface area (Å²) >= 11 is 0. The second-order valence-electron chi connectivity index (χ2n) is 13.3. The first-order valence-corrected chi connectivity index (χ1v) is 17.0. The van der Waals surface area contributed by atoms with Gasteiger partial charge in [0.15, 0.2) is 0 Å². The summed E-state index contributed by atoms with van der Waals surface area (Å²) in [6.07, 6.45) is 2.53. The number of carbonyl (C=O) groups is 4. The number of amides is 2. The number of alkyl carbamates (subject to hydrolysis) is 1. The van der Waals surface area contributed by atoms with Crippen molar-refractivity contribution in [2.24, 2.45) is 5.92 Å². The van der Waals surface area contributed by atoms with Crippen LogP contribution in [0.1, 0.15) is 69.1 Å². The van der Waals surface area contributed by atoms with Crippen LogP contribution >= 0.6 is 0 Å². The molecule has 4 rings (SSSR count). The minimum Gasteiger partial charge on any atom is -0.490 e. The first-order valence-electron chi connectivity index (χ1n) is 17.0. The molecule has 1 aliphatic carbocycles. The summed E-state index contributed by atoms with van der Waals surface area (Å²) in [4.78, 5) is 51.9. The second kappa shape index (κ2) is 18.0. The monoisotopic (exact) mass is 684 g/mol. The van der Waals surface area contributed by atoms with Gasteiger partial charge in [0.05, 0.1) is 13.5 Å².